The van der Waals surface area contributed by atoms with Gasteiger partial charge in [-0.05, 0) is 70.1 Å². The highest BCUT2D eigenvalue weighted by Gasteiger charge is 2.30. The number of hydrogen-bond acceptors (Lipinski definition) is 4. The van der Waals surface area contributed by atoms with Gasteiger partial charge in [-0.25, -0.2) is 4.39 Å². The molecule has 0 unspecified atom stereocenters. The van der Waals surface area contributed by atoms with E-state index in [1.807, 2.05) is 35.3 Å². The number of aromatic amines is 1. The number of rotatable bonds is 5. The zero-order valence-electron chi connectivity index (χ0n) is 19.6. The van der Waals surface area contributed by atoms with Crippen molar-refractivity contribution >= 4 is 16.8 Å². The van der Waals surface area contributed by atoms with Crippen LogP contribution < -0.4 is 5.32 Å². The summed E-state index contributed by atoms with van der Waals surface area (Å²) < 4.78 is 15.0. The number of fused-ring (bicyclic) bond motifs is 1. The molecule has 2 N–H and O–H groups in total. The highest BCUT2D eigenvalue weighted by molar-refractivity contribution is 6.05. The molecule has 0 bridgehead atoms. The molecule has 7 nitrogen and oxygen atoms in total. The molecule has 0 radical (unpaired) electrons. The third kappa shape index (κ3) is 4.67. The van der Waals surface area contributed by atoms with E-state index in [0.29, 0.717) is 24.7 Å². The highest BCUT2D eigenvalue weighted by atomic mass is 19.1. The Morgan fingerprint density at radius 1 is 1.18 bits per heavy atom. The van der Waals surface area contributed by atoms with Gasteiger partial charge < -0.3 is 5.32 Å². The number of carbonyl (C=O) groups is 1. The second kappa shape index (κ2) is 8.56. The number of H-pyrrole nitrogens is 1. The molecule has 1 saturated carbocycles. The molecule has 2 fully saturated rings. The van der Waals surface area contributed by atoms with Gasteiger partial charge in [0, 0.05) is 42.8 Å². The van der Waals surface area contributed by atoms with Crippen molar-refractivity contribution in [2.24, 2.45) is 5.92 Å². The molecule has 176 valence electrons. The number of carbonyl (C=O) groups excluding carboxylic acids is 1. The Morgan fingerprint density at radius 3 is 2.61 bits per heavy atom. The summed E-state index contributed by atoms with van der Waals surface area (Å²) in [6, 6.07) is 6.17. The Balaban J connectivity index is 1.24. The molecule has 2 aromatic heterocycles. The minimum absolute atomic E-state index is 0.0903. The lowest BCUT2D eigenvalue weighted by Gasteiger charge is -2.39. The molecule has 33 heavy (non-hydrogen) atoms. The molecule has 5 rings (SSSR count). The van der Waals surface area contributed by atoms with E-state index in [0.717, 1.165) is 54.3 Å². The normalized spacial score (nSPS) is 22.4. The number of hydrogen-bond donors (Lipinski definition) is 2. The second-order valence-electron chi connectivity index (χ2n) is 10.7. The van der Waals surface area contributed by atoms with E-state index >= 15 is 0 Å². The molecule has 1 aromatic carbocycles. The Hall–Kier alpha value is -2.74. The first-order valence-corrected chi connectivity index (χ1v) is 12.0. The van der Waals surface area contributed by atoms with E-state index in [2.05, 4.69) is 46.3 Å². The summed E-state index contributed by atoms with van der Waals surface area (Å²) in [7, 11) is 0. The van der Waals surface area contributed by atoms with Gasteiger partial charge in [-0.2, -0.15) is 10.2 Å². The molecular formula is C25H33FN6O. The van der Waals surface area contributed by atoms with Crippen molar-refractivity contribution in [3.8, 4) is 11.1 Å². The fourth-order valence-electron chi connectivity index (χ4n) is 4.97. The van der Waals surface area contributed by atoms with Crippen LogP contribution in [0.3, 0.4) is 0 Å². The molecule has 1 aliphatic heterocycles. The summed E-state index contributed by atoms with van der Waals surface area (Å²) in [5.41, 5.74) is 3.21. The Kier molecular flexibility index (Phi) is 5.72. The second-order valence-corrected chi connectivity index (χ2v) is 10.7. The van der Waals surface area contributed by atoms with Crippen LogP contribution >= 0.6 is 0 Å². The monoisotopic (exact) mass is 452 g/mol. The molecule has 8 heteroatoms. The third-order valence-corrected chi connectivity index (χ3v) is 6.99. The lowest BCUT2D eigenvalue weighted by molar-refractivity contribution is 0.0440. The van der Waals surface area contributed by atoms with Gasteiger partial charge in [0.25, 0.3) is 5.91 Å². The summed E-state index contributed by atoms with van der Waals surface area (Å²) >= 11 is 0. The van der Waals surface area contributed by atoms with Crippen molar-refractivity contribution in [3.63, 3.8) is 0 Å². The molecule has 3 aromatic rings. The van der Waals surface area contributed by atoms with Crippen LogP contribution in [0.1, 0.15) is 56.9 Å². The van der Waals surface area contributed by atoms with Gasteiger partial charge in [0.2, 0.25) is 0 Å². The van der Waals surface area contributed by atoms with E-state index in [4.69, 9.17) is 0 Å². The summed E-state index contributed by atoms with van der Waals surface area (Å²) in [4.78, 5) is 15.3. The molecule has 1 saturated heterocycles. The summed E-state index contributed by atoms with van der Waals surface area (Å²) in [5, 5.41) is 15.8. The predicted molar refractivity (Wildman–Crippen MR) is 127 cm³/mol. The zero-order valence-corrected chi connectivity index (χ0v) is 19.6. The van der Waals surface area contributed by atoms with Crippen LogP contribution in [0.2, 0.25) is 0 Å². The summed E-state index contributed by atoms with van der Waals surface area (Å²) in [5.74, 6) is 0.476. The maximum atomic E-state index is 13.1. The average molecular weight is 453 g/mol. The number of benzene rings is 1. The van der Waals surface area contributed by atoms with Crippen molar-refractivity contribution in [3.05, 3.63) is 36.3 Å². The van der Waals surface area contributed by atoms with E-state index in [-0.39, 0.29) is 17.5 Å². The van der Waals surface area contributed by atoms with Crippen LogP contribution in [0.15, 0.2) is 30.6 Å². The van der Waals surface area contributed by atoms with Crippen molar-refractivity contribution in [1.29, 1.82) is 0 Å². The smallest absolute Gasteiger partial charge is 0.272 e. The topological polar surface area (TPSA) is 78.8 Å². The largest absolute Gasteiger partial charge is 0.348 e. The van der Waals surface area contributed by atoms with Crippen LogP contribution in [0, 0.1) is 5.92 Å². The van der Waals surface area contributed by atoms with Crippen molar-refractivity contribution in [2.45, 2.75) is 64.2 Å². The van der Waals surface area contributed by atoms with Gasteiger partial charge in [0.05, 0.1) is 17.3 Å². The highest BCUT2D eigenvalue weighted by Crippen LogP contribution is 2.29. The molecule has 3 heterocycles. The van der Waals surface area contributed by atoms with Gasteiger partial charge in [0.1, 0.15) is 6.17 Å². The minimum Gasteiger partial charge on any atom is -0.348 e. The molecule has 0 spiro atoms. The SMILES string of the molecule is CC(C)(C)n1cc(-c2ccc3[nH]nc(C(=O)NC4CCC(CN5CC(F)C5)CC4)c3c2)cn1. The van der Waals surface area contributed by atoms with Gasteiger partial charge in [-0.1, -0.05) is 6.07 Å². The summed E-state index contributed by atoms with van der Waals surface area (Å²) in [6.45, 7) is 8.50. The van der Waals surface area contributed by atoms with Gasteiger partial charge in [-0.3, -0.25) is 19.5 Å². The van der Waals surface area contributed by atoms with Crippen LogP contribution in [0.25, 0.3) is 22.0 Å². The molecule has 1 aliphatic carbocycles. The fourth-order valence-corrected chi connectivity index (χ4v) is 4.97. The van der Waals surface area contributed by atoms with Crippen molar-refractivity contribution in [1.82, 2.24) is 30.2 Å². The van der Waals surface area contributed by atoms with Crippen LogP contribution in [-0.2, 0) is 5.54 Å². The first-order chi connectivity index (χ1) is 15.8. The van der Waals surface area contributed by atoms with E-state index < -0.39 is 6.17 Å². The lowest BCUT2D eigenvalue weighted by Crippen LogP contribution is -2.50. The number of alkyl halides is 1. The first-order valence-electron chi connectivity index (χ1n) is 12.0. The maximum absolute atomic E-state index is 13.1. The van der Waals surface area contributed by atoms with Crippen molar-refractivity contribution < 1.29 is 9.18 Å². The molecule has 1 amide bonds. The van der Waals surface area contributed by atoms with Gasteiger partial charge >= 0.3 is 0 Å². The number of amides is 1. The standard InChI is InChI=1S/C25H33FN6O/c1-25(2,3)32-13-18(11-27-32)17-6-9-22-21(10-17)23(30-29-22)24(33)28-20-7-4-16(5-8-20)12-31-14-19(26)15-31/h6,9-11,13,16,19-20H,4-5,7-8,12,14-15H2,1-3H3,(H,28,33)(H,29,30). The molecular weight excluding hydrogens is 419 g/mol. The zero-order chi connectivity index (χ0) is 23.2. The van der Waals surface area contributed by atoms with E-state index in [1.165, 1.54) is 0 Å². The number of aromatic nitrogens is 4. The number of nitrogens with zero attached hydrogens (tertiary/aromatic N) is 4. The number of halogens is 1. The van der Waals surface area contributed by atoms with E-state index in [1.54, 1.807) is 0 Å². The predicted octanol–water partition coefficient (Wildman–Crippen LogP) is 4.12. The number of likely N-dealkylation sites (tertiary alicyclic amines) is 1. The van der Waals surface area contributed by atoms with Gasteiger partial charge in [0.15, 0.2) is 5.69 Å². The van der Waals surface area contributed by atoms with Crippen LogP contribution in [0.5, 0.6) is 0 Å². The maximum Gasteiger partial charge on any atom is 0.272 e. The Morgan fingerprint density at radius 2 is 1.94 bits per heavy atom. The minimum atomic E-state index is -0.639. The quantitative estimate of drug-likeness (QED) is 0.610. The third-order valence-electron chi connectivity index (χ3n) is 6.99. The van der Waals surface area contributed by atoms with Crippen LogP contribution in [-0.4, -0.2) is 62.6 Å². The average Bonchev–Trinajstić information content (AvgIpc) is 3.41. The van der Waals surface area contributed by atoms with Crippen molar-refractivity contribution in [2.75, 3.05) is 19.6 Å². The molecule has 2 aliphatic rings. The summed E-state index contributed by atoms with van der Waals surface area (Å²) in [6.07, 6.45) is 7.32. The first kappa shape index (κ1) is 22.1. The van der Waals surface area contributed by atoms with Crippen LogP contribution in [0.4, 0.5) is 4.39 Å². The van der Waals surface area contributed by atoms with Gasteiger partial charge in [-0.15, -0.1) is 0 Å². The lowest BCUT2D eigenvalue weighted by atomic mass is 9.85. The number of nitrogens with one attached hydrogen (secondary N) is 2. The Labute approximate surface area is 193 Å². The molecule has 0 atom stereocenters. The Bertz CT molecular complexity index is 1130. The van der Waals surface area contributed by atoms with E-state index in [9.17, 15) is 9.18 Å². The fraction of sp³-hybridized carbons (Fsp3) is 0.560.